The predicted molar refractivity (Wildman–Crippen MR) is 109 cm³/mol. The molecule has 0 aromatic rings. The van der Waals surface area contributed by atoms with Crippen molar-refractivity contribution in [2.24, 2.45) is 17.4 Å². The lowest BCUT2D eigenvalue weighted by atomic mass is 9.97. The summed E-state index contributed by atoms with van der Waals surface area (Å²) in [5.74, 6) is -9.20. The number of hydrogen-bond donors (Lipinski definition) is 8. The number of hydrogen-bond acceptors (Lipinski definition) is 8. The van der Waals surface area contributed by atoms with Gasteiger partial charge >= 0.3 is 17.9 Å². The van der Waals surface area contributed by atoms with Crippen molar-refractivity contribution in [3.63, 3.8) is 0 Å². The Kier molecular flexibility index (Phi) is 12.1. The third-order valence-electron chi connectivity index (χ3n) is 4.56. The molecule has 0 saturated heterocycles. The van der Waals surface area contributed by atoms with Crippen LogP contribution in [0.5, 0.6) is 0 Å². The summed E-state index contributed by atoms with van der Waals surface area (Å²) in [6, 6.07) is -6.31. The van der Waals surface area contributed by atoms with E-state index in [9.17, 15) is 33.6 Å². The molecule has 33 heavy (non-hydrogen) atoms. The lowest BCUT2D eigenvalue weighted by molar-refractivity contribution is -0.145. The highest BCUT2D eigenvalue weighted by Gasteiger charge is 2.34. The fraction of sp³-hybridized carbons (Fsp3) is 0.611. The van der Waals surface area contributed by atoms with Crippen LogP contribution < -0.4 is 27.4 Å². The molecule has 0 aliphatic carbocycles. The van der Waals surface area contributed by atoms with E-state index in [1.807, 2.05) is 5.32 Å². The number of carboxylic acid groups (broad SMARTS) is 3. The second kappa shape index (κ2) is 13.6. The van der Waals surface area contributed by atoms with Gasteiger partial charge in [-0.2, -0.15) is 0 Å². The van der Waals surface area contributed by atoms with Crippen LogP contribution in [0.4, 0.5) is 0 Å². The van der Waals surface area contributed by atoms with Gasteiger partial charge in [0.25, 0.3) is 0 Å². The molecule has 0 aromatic heterocycles. The second-order valence-corrected chi connectivity index (χ2v) is 7.31. The topological polar surface area (TPSA) is 268 Å². The summed E-state index contributed by atoms with van der Waals surface area (Å²) in [6.45, 7) is 3.24. The maximum atomic E-state index is 12.8. The summed E-state index contributed by atoms with van der Waals surface area (Å²) >= 11 is 0. The van der Waals surface area contributed by atoms with E-state index in [2.05, 4.69) is 10.6 Å². The first-order valence-corrected chi connectivity index (χ1v) is 9.80. The molecule has 0 saturated carbocycles. The van der Waals surface area contributed by atoms with Crippen molar-refractivity contribution in [3.05, 3.63) is 0 Å². The van der Waals surface area contributed by atoms with Crippen molar-refractivity contribution in [2.45, 2.75) is 63.7 Å². The van der Waals surface area contributed by atoms with Gasteiger partial charge in [0.15, 0.2) is 0 Å². The van der Waals surface area contributed by atoms with Gasteiger partial charge in [-0.25, -0.2) is 4.79 Å². The van der Waals surface area contributed by atoms with Gasteiger partial charge in [-0.05, 0) is 5.92 Å². The maximum absolute atomic E-state index is 12.8. The number of carbonyl (C=O) groups excluding carboxylic acids is 4. The standard InChI is InChI=1S/C18H29N5O10/c1-3-7(2)14(23-15(29)8(19)4-12(25)26)17(31)21-9(6-13(27)28)16(30)22-10(18(32)33)5-11(20)24/h7-10,14H,3-6,19H2,1-2H3,(H2,20,24)(H,21,31)(H,22,30)(H,23,29)(H,25,26)(H,27,28)(H,32,33). The van der Waals surface area contributed by atoms with Crippen molar-refractivity contribution in [3.8, 4) is 0 Å². The Morgan fingerprint density at radius 3 is 1.70 bits per heavy atom. The number of carboxylic acids is 3. The molecule has 4 amide bonds. The van der Waals surface area contributed by atoms with Crippen LogP contribution in [0, 0.1) is 5.92 Å². The van der Waals surface area contributed by atoms with Crippen molar-refractivity contribution >= 4 is 41.5 Å². The molecule has 5 atom stereocenters. The Morgan fingerprint density at radius 2 is 1.27 bits per heavy atom. The summed E-state index contributed by atoms with van der Waals surface area (Å²) in [7, 11) is 0. The molecule has 0 spiro atoms. The first kappa shape index (κ1) is 29.2. The van der Waals surface area contributed by atoms with Gasteiger partial charge in [-0.1, -0.05) is 20.3 Å². The first-order valence-electron chi connectivity index (χ1n) is 9.80. The molecular formula is C18H29N5O10. The van der Waals surface area contributed by atoms with Crippen LogP contribution in [0.3, 0.4) is 0 Å². The van der Waals surface area contributed by atoms with E-state index in [1.165, 1.54) is 0 Å². The number of carbonyl (C=O) groups is 7. The number of primary amides is 1. The van der Waals surface area contributed by atoms with Gasteiger partial charge in [0, 0.05) is 0 Å². The highest BCUT2D eigenvalue weighted by Crippen LogP contribution is 2.10. The molecular weight excluding hydrogens is 446 g/mol. The molecule has 0 aliphatic rings. The maximum Gasteiger partial charge on any atom is 0.326 e. The molecule has 15 heteroatoms. The van der Waals surface area contributed by atoms with Crippen molar-refractivity contribution in [1.82, 2.24) is 16.0 Å². The molecule has 0 radical (unpaired) electrons. The molecule has 0 aromatic carbocycles. The van der Waals surface area contributed by atoms with E-state index >= 15 is 0 Å². The van der Waals surface area contributed by atoms with Crippen LogP contribution in [-0.2, 0) is 33.6 Å². The van der Waals surface area contributed by atoms with Crippen LogP contribution in [0.15, 0.2) is 0 Å². The minimum Gasteiger partial charge on any atom is -0.481 e. The van der Waals surface area contributed by atoms with Gasteiger partial charge < -0.3 is 42.7 Å². The number of nitrogens with one attached hydrogen (secondary N) is 3. The summed E-state index contributed by atoms with van der Waals surface area (Å²) in [4.78, 5) is 81.5. The van der Waals surface area contributed by atoms with E-state index in [4.69, 9.17) is 26.8 Å². The molecule has 0 rings (SSSR count). The first-order chi connectivity index (χ1) is 15.2. The smallest absolute Gasteiger partial charge is 0.326 e. The SMILES string of the molecule is CCC(C)C(NC(=O)C(N)CC(=O)O)C(=O)NC(CC(=O)O)C(=O)NC(CC(N)=O)C(=O)O. The quantitative estimate of drug-likeness (QED) is 0.116. The van der Waals surface area contributed by atoms with Crippen LogP contribution in [0.2, 0.25) is 0 Å². The van der Waals surface area contributed by atoms with Crippen molar-refractivity contribution in [1.29, 1.82) is 0 Å². The minimum atomic E-state index is -1.76. The summed E-state index contributed by atoms with van der Waals surface area (Å²) < 4.78 is 0. The van der Waals surface area contributed by atoms with E-state index in [0.29, 0.717) is 6.42 Å². The van der Waals surface area contributed by atoms with Crippen LogP contribution in [-0.4, -0.2) is 81.0 Å². The van der Waals surface area contributed by atoms with Gasteiger partial charge in [0.2, 0.25) is 23.6 Å². The van der Waals surface area contributed by atoms with Crippen LogP contribution in [0.1, 0.15) is 39.5 Å². The molecule has 0 aliphatic heterocycles. The Labute approximate surface area is 188 Å². The van der Waals surface area contributed by atoms with E-state index < -0.39 is 90.9 Å². The molecule has 10 N–H and O–H groups in total. The van der Waals surface area contributed by atoms with Crippen molar-refractivity contribution in [2.75, 3.05) is 0 Å². The monoisotopic (exact) mass is 475 g/mol. The molecule has 0 bridgehead atoms. The fourth-order valence-electron chi connectivity index (χ4n) is 2.56. The van der Waals surface area contributed by atoms with Gasteiger partial charge in [-0.3, -0.25) is 28.8 Å². The lowest BCUT2D eigenvalue weighted by Crippen LogP contribution is -2.59. The van der Waals surface area contributed by atoms with Gasteiger partial charge in [-0.15, -0.1) is 0 Å². The summed E-state index contributed by atoms with van der Waals surface area (Å²) in [5.41, 5.74) is 10.4. The van der Waals surface area contributed by atoms with E-state index in [0.717, 1.165) is 0 Å². The van der Waals surface area contributed by atoms with Crippen LogP contribution >= 0.6 is 0 Å². The predicted octanol–water partition coefficient (Wildman–Crippen LogP) is -3.28. The average Bonchev–Trinajstić information content (AvgIpc) is 2.68. The average molecular weight is 475 g/mol. The Hall–Kier alpha value is -3.75. The largest absolute Gasteiger partial charge is 0.481 e. The van der Waals surface area contributed by atoms with Gasteiger partial charge in [0.1, 0.15) is 18.1 Å². The highest BCUT2D eigenvalue weighted by atomic mass is 16.4. The fourth-order valence-corrected chi connectivity index (χ4v) is 2.56. The zero-order valence-corrected chi connectivity index (χ0v) is 18.1. The Morgan fingerprint density at radius 1 is 0.758 bits per heavy atom. The highest BCUT2D eigenvalue weighted by molar-refractivity contribution is 5.96. The number of amides is 4. The summed E-state index contributed by atoms with van der Waals surface area (Å²) in [6.07, 6.45) is -2.08. The normalized spacial score (nSPS) is 15.1. The van der Waals surface area contributed by atoms with E-state index in [1.54, 1.807) is 13.8 Å². The Bertz CT molecular complexity index is 787. The number of nitrogens with two attached hydrogens (primary N) is 2. The third kappa shape index (κ3) is 10.9. The zero-order valence-electron chi connectivity index (χ0n) is 18.1. The lowest BCUT2D eigenvalue weighted by Gasteiger charge is -2.27. The second-order valence-electron chi connectivity index (χ2n) is 7.31. The van der Waals surface area contributed by atoms with E-state index in [-0.39, 0.29) is 0 Å². The number of aliphatic carboxylic acids is 3. The molecule has 15 nitrogen and oxygen atoms in total. The molecule has 0 heterocycles. The van der Waals surface area contributed by atoms with Crippen LogP contribution in [0.25, 0.3) is 0 Å². The van der Waals surface area contributed by atoms with Gasteiger partial charge in [0.05, 0.1) is 25.3 Å². The summed E-state index contributed by atoms with van der Waals surface area (Å²) in [5, 5.41) is 33.3. The molecule has 0 fully saturated rings. The minimum absolute atomic E-state index is 0.349. The number of rotatable bonds is 15. The zero-order chi connectivity index (χ0) is 25.9. The molecule has 5 unspecified atom stereocenters. The van der Waals surface area contributed by atoms with Crippen molar-refractivity contribution < 1.29 is 48.9 Å². The molecule has 186 valence electrons. The third-order valence-corrected chi connectivity index (χ3v) is 4.56. The Balaban J connectivity index is 5.61.